The summed E-state index contributed by atoms with van der Waals surface area (Å²) in [6.07, 6.45) is 4.19. The number of benzene rings is 1. The molecular weight excluding hydrogens is 314 g/mol. The Kier molecular flexibility index (Phi) is 4.35. The number of rotatable bonds is 3. The van der Waals surface area contributed by atoms with E-state index in [-0.39, 0.29) is 5.41 Å². The van der Waals surface area contributed by atoms with Crippen LogP contribution in [0, 0.1) is 10.8 Å². The summed E-state index contributed by atoms with van der Waals surface area (Å²) in [5.41, 5.74) is 6.30. The maximum absolute atomic E-state index is 11.3. The van der Waals surface area contributed by atoms with E-state index in [4.69, 9.17) is 5.73 Å². The highest BCUT2D eigenvalue weighted by molar-refractivity contribution is 9.10. The Morgan fingerprint density at radius 3 is 2.25 bits per heavy atom. The molecule has 0 amide bonds. The second-order valence-corrected chi connectivity index (χ2v) is 8.06. The summed E-state index contributed by atoms with van der Waals surface area (Å²) < 4.78 is 0.961. The molecule has 20 heavy (non-hydrogen) atoms. The predicted molar refractivity (Wildman–Crippen MR) is 87.4 cm³/mol. The molecule has 0 spiro atoms. The average Bonchev–Trinajstić information content (AvgIpc) is 2.39. The van der Waals surface area contributed by atoms with Crippen molar-refractivity contribution in [2.75, 3.05) is 6.54 Å². The van der Waals surface area contributed by atoms with Gasteiger partial charge in [-0.15, -0.1) is 0 Å². The third-order valence-electron chi connectivity index (χ3n) is 5.38. The zero-order valence-corrected chi connectivity index (χ0v) is 14.3. The van der Waals surface area contributed by atoms with Gasteiger partial charge in [-0.05, 0) is 49.7 Å². The van der Waals surface area contributed by atoms with Gasteiger partial charge >= 0.3 is 0 Å². The van der Waals surface area contributed by atoms with E-state index in [1.54, 1.807) is 0 Å². The fourth-order valence-corrected chi connectivity index (χ4v) is 4.11. The number of hydrogen-bond acceptors (Lipinski definition) is 2. The van der Waals surface area contributed by atoms with Gasteiger partial charge in [0.15, 0.2) is 0 Å². The van der Waals surface area contributed by atoms with Crippen LogP contribution in [0.3, 0.4) is 0 Å². The highest BCUT2D eigenvalue weighted by Gasteiger charge is 2.50. The first kappa shape index (κ1) is 16.0. The maximum atomic E-state index is 11.3. The van der Waals surface area contributed by atoms with E-state index in [0.29, 0.717) is 12.0 Å². The van der Waals surface area contributed by atoms with Crippen LogP contribution in [-0.2, 0) is 5.60 Å². The van der Waals surface area contributed by atoms with Crippen LogP contribution >= 0.6 is 15.9 Å². The molecule has 1 fully saturated rings. The van der Waals surface area contributed by atoms with Gasteiger partial charge in [0.2, 0.25) is 0 Å². The Balaban J connectivity index is 2.38. The van der Waals surface area contributed by atoms with Crippen molar-refractivity contribution in [3.63, 3.8) is 0 Å². The smallest absolute Gasteiger partial charge is 0.0947 e. The van der Waals surface area contributed by atoms with Crippen molar-refractivity contribution in [1.82, 2.24) is 0 Å². The van der Waals surface area contributed by atoms with Gasteiger partial charge < -0.3 is 10.8 Å². The van der Waals surface area contributed by atoms with Gasteiger partial charge in [-0.3, -0.25) is 0 Å². The minimum absolute atomic E-state index is 0.230. The van der Waals surface area contributed by atoms with Crippen molar-refractivity contribution in [3.05, 3.63) is 34.3 Å². The highest BCUT2D eigenvalue weighted by atomic mass is 79.9. The lowest BCUT2D eigenvalue weighted by atomic mass is 9.57. The van der Waals surface area contributed by atoms with E-state index >= 15 is 0 Å². The summed E-state index contributed by atoms with van der Waals surface area (Å²) in [5, 5.41) is 11.3. The van der Waals surface area contributed by atoms with E-state index in [1.165, 1.54) is 0 Å². The van der Waals surface area contributed by atoms with Crippen LogP contribution in [0.15, 0.2) is 28.7 Å². The van der Waals surface area contributed by atoms with Gasteiger partial charge in [0.1, 0.15) is 0 Å². The Hall–Kier alpha value is -0.380. The van der Waals surface area contributed by atoms with E-state index in [1.807, 2.05) is 31.2 Å². The summed E-state index contributed by atoms with van der Waals surface area (Å²) in [6.45, 7) is 7.07. The Morgan fingerprint density at radius 2 is 1.75 bits per heavy atom. The van der Waals surface area contributed by atoms with Crippen molar-refractivity contribution in [3.8, 4) is 0 Å². The molecule has 3 N–H and O–H groups in total. The molecule has 0 heterocycles. The van der Waals surface area contributed by atoms with Gasteiger partial charge in [0, 0.05) is 16.4 Å². The lowest BCUT2D eigenvalue weighted by molar-refractivity contribution is -0.106. The quantitative estimate of drug-likeness (QED) is 0.866. The molecule has 1 unspecified atom stereocenters. The van der Waals surface area contributed by atoms with Gasteiger partial charge in [-0.1, -0.05) is 48.0 Å². The molecule has 1 atom stereocenters. The van der Waals surface area contributed by atoms with Gasteiger partial charge in [-0.25, -0.2) is 0 Å². The summed E-state index contributed by atoms with van der Waals surface area (Å²) in [4.78, 5) is 0. The number of halogens is 1. The normalized spacial score (nSPS) is 24.1. The summed E-state index contributed by atoms with van der Waals surface area (Å²) in [7, 11) is 0. The van der Waals surface area contributed by atoms with Crippen molar-refractivity contribution >= 4 is 15.9 Å². The lowest BCUT2D eigenvalue weighted by Gasteiger charge is -2.51. The Labute approximate surface area is 130 Å². The lowest BCUT2D eigenvalue weighted by Crippen LogP contribution is -2.51. The molecule has 112 valence electrons. The minimum atomic E-state index is -0.904. The molecule has 3 heteroatoms. The summed E-state index contributed by atoms with van der Waals surface area (Å²) in [6, 6.07) is 7.94. The van der Waals surface area contributed by atoms with Gasteiger partial charge in [0.25, 0.3) is 0 Å². The molecule has 0 bridgehead atoms. The summed E-state index contributed by atoms with van der Waals surface area (Å²) >= 11 is 3.57. The molecule has 2 nitrogen and oxygen atoms in total. The topological polar surface area (TPSA) is 46.2 Å². The van der Waals surface area contributed by atoms with Crippen molar-refractivity contribution in [2.45, 2.75) is 52.1 Å². The first-order valence-corrected chi connectivity index (χ1v) is 8.21. The molecule has 1 aliphatic carbocycles. The zero-order chi connectivity index (χ0) is 15.0. The van der Waals surface area contributed by atoms with E-state index in [0.717, 1.165) is 35.7 Å². The zero-order valence-electron chi connectivity index (χ0n) is 12.7. The monoisotopic (exact) mass is 339 g/mol. The van der Waals surface area contributed by atoms with E-state index in [2.05, 4.69) is 29.8 Å². The molecule has 0 radical (unpaired) electrons. The van der Waals surface area contributed by atoms with Crippen LogP contribution in [0.25, 0.3) is 0 Å². The molecule has 0 aromatic heterocycles. The fourth-order valence-electron chi connectivity index (χ4n) is 3.44. The molecule has 0 saturated heterocycles. The summed E-state index contributed by atoms with van der Waals surface area (Å²) in [5.74, 6) is 0. The Morgan fingerprint density at radius 1 is 1.20 bits per heavy atom. The van der Waals surface area contributed by atoms with Gasteiger partial charge in [0.05, 0.1) is 5.60 Å². The van der Waals surface area contributed by atoms with E-state index < -0.39 is 5.60 Å². The van der Waals surface area contributed by atoms with Crippen LogP contribution in [0.5, 0.6) is 0 Å². The third kappa shape index (κ3) is 2.68. The second-order valence-electron chi connectivity index (χ2n) is 7.20. The molecule has 0 aliphatic heterocycles. The third-order valence-corrected chi connectivity index (χ3v) is 6.07. The predicted octanol–water partition coefficient (Wildman–Crippen LogP) is 4.20. The van der Waals surface area contributed by atoms with Crippen molar-refractivity contribution < 1.29 is 5.11 Å². The number of hydrogen-bond donors (Lipinski definition) is 2. The van der Waals surface area contributed by atoms with Crippen LogP contribution < -0.4 is 5.73 Å². The van der Waals surface area contributed by atoms with Gasteiger partial charge in [-0.2, -0.15) is 0 Å². The van der Waals surface area contributed by atoms with E-state index in [9.17, 15) is 5.11 Å². The number of aliphatic hydroxyl groups is 1. The number of nitrogens with two attached hydrogens (primary N) is 1. The fraction of sp³-hybridized carbons (Fsp3) is 0.647. The van der Waals surface area contributed by atoms with Crippen molar-refractivity contribution in [1.29, 1.82) is 0 Å². The SMILES string of the molecule is CC1(C)CCC(CN)(C(C)(O)c2ccccc2Br)CC1. The molecule has 1 saturated carbocycles. The van der Waals surface area contributed by atoms with Crippen LogP contribution in [0.4, 0.5) is 0 Å². The molecular formula is C17H26BrNO. The first-order chi connectivity index (χ1) is 9.24. The molecule has 2 rings (SSSR count). The average molecular weight is 340 g/mol. The van der Waals surface area contributed by atoms with Crippen LogP contribution in [0.1, 0.15) is 52.0 Å². The van der Waals surface area contributed by atoms with Crippen LogP contribution in [0.2, 0.25) is 0 Å². The van der Waals surface area contributed by atoms with Crippen LogP contribution in [-0.4, -0.2) is 11.7 Å². The molecule has 1 aliphatic rings. The first-order valence-electron chi connectivity index (χ1n) is 7.42. The minimum Gasteiger partial charge on any atom is -0.385 e. The maximum Gasteiger partial charge on any atom is 0.0947 e. The molecule has 1 aromatic rings. The largest absolute Gasteiger partial charge is 0.385 e. The Bertz CT molecular complexity index is 472. The van der Waals surface area contributed by atoms with Crippen molar-refractivity contribution in [2.24, 2.45) is 16.6 Å². The standard InChI is InChI=1S/C17H26BrNO/c1-15(2)8-10-17(12-19,11-9-15)16(3,20)13-6-4-5-7-14(13)18/h4-7,20H,8-12,19H2,1-3H3. The highest BCUT2D eigenvalue weighted by Crippen LogP contribution is 2.54. The molecule has 1 aromatic carbocycles. The second kappa shape index (κ2) is 5.43.